The summed E-state index contributed by atoms with van der Waals surface area (Å²) in [6, 6.07) is 3.86. The van der Waals surface area contributed by atoms with Crippen LogP contribution in [0.2, 0.25) is 0 Å². The largest absolute Gasteiger partial charge is 0.448 e. The smallest absolute Gasteiger partial charge is 0.410 e. The maximum absolute atomic E-state index is 12.8. The third kappa shape index (κ3) is 3.66. The quantitative estimate of drug-likeness (QED) is 0.765. The van der Waals surface area contributed by atoms with Gasteiger partial charge in [0.25, 0.3) is 5.91 Å². The number of hydrogen-bond donors (Lipinski definition) is 0. The van der Waals surface area contributed by atoms with Gasteiger partial charge in [-0.1, -0.05) is 6.92 Å². The molecular formula is C17H23N3O3S. The van der Waals surface area contributed by atoms with E-state index < -0.39 is 0 Å². The number of thioether (sulfide) groups is 1. The van der Waals surface area contributed by atoms with Gasteiger partial charge in [0.2, 0.25) is 0 Å². The van der Waals surface area contributed by atoms with E-state index in [1.807, 2.05) is 17.0 Å². The summed E-state index contributed by atoms with van der Waals surface area (Å²) in [5.41, 5.74) is 0.690. The molecule has 2 saturated heterocycles. The van der Waals surface area contributed by atoms with Crippen molar-refractivity contribution in [2.75, 3.05) is 32.0 Å². The van der Waals surface area contributed by atoms with Gasteiger partial charge in [0.1, 0.15) is 11.6 Å². The number of likely N-dealkylation sites (tertiary alicyclic amines) is 1. The van der Waals surface area contributed by atoms with Crippen molar-refractivity contribution in [2.24, 2.45) is 0 Å². The van der Waals surface area contributed by atoms with Crippen LogP contribution in [0.15, 0.2) is 23.4 Å². The molecule has 0 radical (unpaired) electrons. The monoisotopic (exact) mass is 349 g/mol. The molecule has 2 aliphatic heterocycles. The molecule has 1 aromatic heterocycles. The first kappa shape index (κ1) is 17.1. The van der Waals surface area contributed by atoms with Crippen molar-refractivity contribution in [3.05, 3.63) is 23.9 Å². The molecule has 2 aliphatic rings. The van der Waals surface area contributed by atoms with Crippen LogP contribution in [0.3, 0.4) is 0 Å². The standard InChI is InChI=1S/C17H23N3O3S/c1-2-12-24-15-14(4-3-7-18-15)16(21)19-8-5-13(6-9-19)20-10-11-23-17(20)22/h3-4,7,13H,2,5-6,8-12H2,1H3. The Morgan fingerprint density at radius 2 is 2.17 bits per heavy atom. The second kappa shape index (κ2) is 7.88. The molecule has 3 heterocycles. The number of cyclic esters (lactones) is 1. The molecule has 0 saturated carbocycles. The fraction of sp³-hybridized carbons (Fsp3) is 0.588. The first-order valence-corrected chi connectivity index (χ1v) is 9.49. The topological polar surface area (TPSA) is 62.7 Å². The second-order valence-corrected chi connectivity index (χ2v) is 7.12. The van der Waals surface area contributed by atoms with E-state index in [9.17, 15) is 9.59 Å². The summed E-state index contributed by atoms with van der Waals surface area (Å²) in [5.74, 6) is 1.00. The highest BCUT2D eigenvalue weighted by Gasteiger charge is 2.33. The number of aromatic nitrogens is 1. The number of carbonyl (C=O) groups excluding carboxylic acids is 2. The van der Waals surface area contributed by atoms with Crippen molar-refractivity contribution in [3.63, 3.8) is 0 Å². The minimum absolute atomic E-state index is 0.0455. The normalized spacial score (nSPS) is 18.8. The third-order valence-corrected chi connectivity index (χ3v) is 5.64. The van der Waals surface area contributed by atoms with Gasteiger partial charge in [-0.2, -0.15) is 0 Å². The van der Waals surface area contributed by atoms with Gasteiger partial charge >= 0.3 is 6.09 Å². The van der Waals surface area contributed by atoms with E-state index in [1.165, 1.54) is 0 Å². The molecule has 3 rings (SSSR count). The van der Waals surface area contributed by atoms with Crippen LogP contribution < -0.4 is 0 Å². The lowest BCUT2D eigenvalue weighted by molar-refractivity contribution is 0.0654. The molecule has 0 aliphatic carbocycles. The van der Waals surface area contributed by atoms with Gasteiger partial charge in [-0.15, -0.1) is 11.8 Å². The highest BCUT2D eigenvalue weighted by Crippen LogP contribution is 2.25. The summed E-state index contributed by atoms with van der Waals surface area (Å²) in [7, 11) is 0. The van der Waals surface area contributed by atoms with Crippen molar-refractivity contribution in [2.45, 2.75) is 37.3 Å². The summed E-state index contributed by atoms with van der Waals surface area (Å²) in [5, 5.41) is 0.814. The van der Waals surface area contributed by atoms with Gasteiger partial charge in [0.15, 0.2) is 0 Å². The Hall–Kier alpha value is -1.76. The predicted molar refractivity (Wildman–Crippen MR) is 92.2 cm³/mol. The van der Waals surface area contributed by atoms with E-state index in [0.717, 1.165) is 30.0 Å². The van der Waals surface area contributed by atoms with Crippen LogP contribution in [-0.2, 0) is 4.74 Å². The van der Waals surface area contributed by atoms with Gasteiger partial charge in [0.05, 0.1) is 12.1 Å². The van der Waals surface area contributed by atoms with Crippen LogP contribution in [0.4, 0.5) is 4.79 Å². The molecule has 24 heavy (non-hydrogen) atoms. The highest BCUT2D eigenvalue weighted by atomic mass is 32.2. The molecule has 0 unspecified atom stereocenters. The number of amides is 2. The van der Waals surface area contributed by atoms with E-state index >= 15 is 0 Å². The Bertz CT molecular complexity index is 602. The molecule has 0 spiro atoms. The Labute approximate surface area is 146 Å². The molecule has 0 atom stereocenters. The van der Waals surface area contributed by atoms with E-state index in [4.69, 9.17) is 4.74 Å². The minimum atomic E-state index is -0.217. The van der Waals surface area contributed by atoms with Crippen LogP contribution in [-0.4, -0.2) is 64.8 Å². The predicted octanol–water partition coefficient (Wildman–Crippen LogP) is 2.64. The maximum atomic E-state index is 12.8. The van der Waals surface area contributed by atoms with Gasteiger partial charge in [-0.3, -0.25) is 4.79 Å². The zero-order valence-electron chi connectivity index (χ0n) is 13.9. The zero-order valence-corrected chi connectivity index (χ0v) is 14.8. The van der Waals surface area contributed by atoms with Crippen LogP contribution >= 0.6 is 11.8 Å². The first-order valence-electron chi connectivity index (χ1n) is 8.51. The van der Waals surface area contributed by atoms with Crippen molar-refractivity contribution in [3.8, 4) is 0 Å². The summed E-state index contributed by atoms with van der Waals surface area (Å²) in [4.78, 5) is 32.6. The van der Waals surface area contributed by atoms with Crippen LogP contribution in [0.25, 0.3) is 0 Å². The third-order valence-electron chi connectivity index (χ3n) is 4.43. The molecule has 2 amide bonds. The van der Waals surface area contributed by atoms with Crippen molar-refractivity contribution >= 4 is 23.8 Å². The number of pyridine rings is 1. The molecule has 7 heteroatoms. The van der Waals surface area contributed by atoms with Crippen LogP contribution in [0.1, 0.15) is 36.5 Å². The molecule has 0 N–H and O–H groups in total. The van der Waals surface area contributed by atoms with E-state index in [-0.39, 0.29) is 18.0 Å². The summed E-state index contributed by atoms with van der Waals surface area (Å²) in [6.45, 7) is 4.59. The Kier molecular flexibility index (Phi) is 5.60. The first-order chi connectivity index (χ1) is 11.7. The molecular weight excluding hydrogens is 326 g/mol. The van der Waals surface area contributed by atoms with Gasteiger partial charge in [-0.25, -0.2) is 9.78 Å². The summed E-state index contributed by atoms with van der Waals surface area (Å²) >= 11 is 1.63. The molecule has 130 valence electrons. The SMILES string of the molecule is CCCSc1ncccc1C(=O)N1CCC(N2CCOC2=O)CC1. The molecule has 2 fully saturated rings. The van der Waals surface area contributed by atoms with Crippen LogP contribution in [0.5, 0.6) is 0 Å². The van der Waals surface area contributed by atoms with Crippen molar-refractivity contribution < 1.29 is 14.3 Å². The summed E-state index contributed by atoms with van der Waals surface area (Å²) in [6.07, 6.45) is 4.17. The molecule has 1 aromatic rings. The Balaban J connectivity index is 1.62. The van der Waals surface area contributed by atoms with Crippen LogP contribution in [0, 0.1) is 0 Å². The molecule has 0 aromatic carbocycles. The van der Waals surface area contributed by atoms with E-state index in [0.29, 0.717) is 31.8 Å². The number of hydrogen-bond acceptors (Lipinski definition) is 5. The number of rotatable bonds is 5. The number of ether oxygens (including phenoxy) is 1. The number of carbonyl (C=O) groups is 2. The lowest BCUT2D eigenvalue weighted by atomic mass is 10.0. The fourth-order valence-corrected chi connectivity index (χ4v) is 4.00. The average Bonchev–Trinajstić information content (AvgIpc) is 3.06. The summed E-state index contributed by atoms with van der Waals surface area (Å²) < 4.78 is 5.01. The number of piperidine rings is 1. The number of nitrogens with zero attached hydrogens (tertiary/aromatic N) is 3. The van der Waals surface area contributed by atoms with Gasteiger partial charge in [0, 0.05) is 25.3 Å². The molecule has 6 nitrogen and oxygen atoms in total. The van der Waals surface area contributed by atoms with Gasteiger partial charge < -0.3 is 14.5 Å². The lowest BCUT2D eigenvalue weighted by Gasteiger charge is -2.35. The van der Waals surface area contributed by atoms with Crippen molar-refractivity contribution in [1.29, 1.82) is 0 Å². The maximum Gasteiger partial charge on any atom is 0.410 e. The average molecular weight is 349 g/mol. The van der Waals surface area contributed by atoms with Crippen molar-refractivity contribution in [1.82, 2.24) is 14.8 Å². The second-order valence-electron chi connectivity index (χ2n) is 6.04. The Morgan fingerprint density at radius 1 is 1.38 bits per heavy atom. The highest BCUT2D eigenvalue weighted by molar-refractivity contribution is 7.99. The fourth-order valence-electron chi connectivity index (χ4n) is 3.16. The Morgan fingerprint density at radius 3 is 2.83 bits per heavy atom. The zero-order chi connectivity index (χ0) is 16.9. The minimum Gasteiger partial charge on any atom is -0.448 e. The molecule has 0 bridgehead atoms. The van der Waals surface area contributed by atoms with E-state index in [2.05, 4.69) is 11.9 Å². The lowest BCUT2D eigenvalue weighted by Crippen LogP contribution is -2.47. The van der Waals surface area contributed by atoms with Gasteiger partial charge in [-0.05, 0) is 37.1 Å². The van der Waals surface area contributed by atoms with E-state index in [1.54, 1.807) is 22.9 Å².